The minimum Gasteiger partial charge on any atom is -0.467 e. The van der Waals surface area contributed by atoms with Gasteiger partial charge in [-0.3, -0.25) is 0 Å². The zero-order valence-corrected chi connectivity index (χ0v) is 10.5. The molecule has 0 aliphatic rings. The Morgan fingerprint density at radius 1 is 1.27 bits per heavy atom. The van der Waals surface area contributed by atoms with Gasteiger partial charge in [-0.05, 0) is 20.8 Å². The fraction of sp³-hybridized carbons (Fsp3) is 0.909. The van der Waals surface area contributed by atoms with Gasteiger partial charge in [-0.25, -0.2) is 4.79 Å². The molecule has 4 heteroatoms. The smallest absolute Gasteiger partial charge is 0.335 e. The van der Waals surface area contributed by atoms with Crippen molar-refractivity contribution < 1.29 is 19.4 Å². The van der Waals surface area contributed by atoms with E-state index in [0.717, 1.165) is 0 Å². The fourth-order valence-electron chi connectivity index (χ4n) is 0.912. The molecule has 1 atom stereocenters. The highest BCUT2D eigenvalue weighted by atomic mass is 16.5. The molecule has 0 aromatic carbocycles. The van der Waals surface area contributed by atoms with Crippen molar-refractivity contribution in [2.75, 3.05) is 13.7 Å². The minimum absolute atomic E-state index is 0.285. The van der Waals surface area contributed by atoms with Crippen LogP contribution in [0.2, 0.25) is 0 Å². The van der Waals surface area contributed by atoms with E-state index in [9.17, 15) is 9.90 Å². The first kappa shape index (κ1) is 14.4. The van der Waals surface area contributed by atoms with Gasteiger partial charge in [-0.1, -0.05) is 13.8 Å². The number of rotatable bonds is 4. The maximum atomic E-state index is 11.2. The number of carbonyl (C=O) groups excluding carboxylic acids is 1. The van der Waals surface area contributed by atoms with E-state index in [4.69, 9.17) is 4.74 Å². The molecular weight excluding hydrogens is 196 g/mol. The number of ether oxygens (including phenoxy) is 2. The third kappa shape index (κ3) is 5.14. The predicted molar refractivity (Wildman–Crippen MR) is 57.5 cm³/mol. The molecule has 0 aliphatic heterocycles. The van der Waals surface area contributed by atoms with Crippen LogP contribution in [0.25, 0.3) is 0 Å². The molecule has 0 spiro atoms. The lowest BCUT2D eigenvalue weighted by Gasteiger charge is -2.32. The number of esters is 1. The summed E-state index contributed by atoms with van der Waals surface area (Å²) < 4.78 is 10.0. The molecule has 0 fully saturated rings. The van der Waals surface area contributed by atoms with E-state index in [1.807, 2.05) is 20.8 Å². The minimum atomic E-state index is -1.16. The molecule has 0 aliphatic carbocycles. The van der Waals surface area contributed by atoms with E-state index >= 15 is 0 Å². The first-order chi connectivity index (χ1) is 6.60. The monoisotopic (exact) mass is 218 g/mol. The Balaban J connectivity index is 4.35. The predicted octanol–water partition coefficient (Wildman–Crippen LogP) is 1.36. The number of aliphatic hydroxyl groups excluding tert-OH is 1. The highest BCUT2D eigenvalue weighted by Crippen LogP contribution is 2.24. The molecule has 4 nitrogen and oxygen atoms in total. The summed E-state index contributed by atoms with van der Waals surface area (Å²) in [5, 5.41) is 9.69. The average Bonchev–Trinajstić information content (AvgIpc) is 2.11. The summed E-state index contributed by atoms with van der Waals surface area (Å²) in [5.41, 5.74) is -0.937. The molecular formula is C11H22O4. The summed E-state index contributed by atoms with van der Waals surface area (Å²) in [4.78, 5) is 11.2. The number of hydrogen-bond acceptors (Lipinski definition) is 4. The van der Waals surface area contributed by atoms with Crippen LogP contribution in [-0.2, 0) is 14.3 Å². The second kappa shape index (κ2) is 4.94. The molecule has 90 valence electrons. The van der Waals surface area contributed by atoms with Gasteiger partial charge >= 0.3 is 5.97 Å². The second-order valence-electron chi connectivity index (χ2n) is 5.32. The first-order valence-electron chi connectivity index (χ1n) is 5.00. The highest BCUT2D eigenvalue weighted by Gasteiger charge is 2.35. The van der Waals surface area contributed by atoms with Crippen molar-refractivity contribution in [2.24, 2.45) is 5.41 Å². The van der Waals surface area contributed by atoms with Gasteiger partial charge in [-0.15, -0.1) is 0 Å². The zero-order chi connectivity index (χ0) is 12.3. The van der Waals surface area contributed by atoms with Crippen LogP contribution in [0.4, 0.5) is 0 Å². The normalized spacial score (nSPS) is 14.9. The molecule has 0 heterocycles. The maximum Gasteiger partial charge on any atom is 0.335 e. The van der Waals surface area contributed by atoms with Gasteiger partial charge in [-0.2, -0.15) is 0 Å². The van der Waals surface area contributed by atoms with Gasteiger partial charge in [0.25, 0.3) is 0 Å². The Labute approximate surface area is 91.6 Å². The summed E-state index contributed by atoms with van der Waals surface area (Å²) in [5.74, 6) is -0.627. The Morgan fingerprint density at radius 2 is 1.73 bits per heavy atom. The SMILES string of the molecule is COC(=O)C(O)C(C)(C)COC(C)(C)C. The van der Waals surface area contributed by atoms with Crippen molar-refractivity contribution in [3.8, 4) is 0 Å². The summed E-state index contributed by atoms with van der Waals surface area (Å²) in [7, 11) is 1.26. The lowest BCUT2D eigenvalue weighted by Crippen LogP contribution is -2.42. The first-order valence-corrected chi connectivity index (χ1v) is 5.00. The molecule has 1 N–H and O–H groups in total. The van der Waals surface area contributed by atoms with Crippen LogP contribution in [-0.4, -0.2) is 36.5 Å². The van der Waals surface area contributed by atoms with Crippen LogP contribution >= 0.6 is 0 Å². The summed E-state index contributed by atoms with van der Waals surface area (Å²) in [6, 6.07) is 0. The molecule has 0 bridgehead atoms. The zero-order valence-electron chi connectivity index (χ0n) is 10.5. The van der Waals surface area contributed by atoms with Crippen LogP contribution in [0.3, 0.4) is 0 Å². The molecule has 0 aromatic heterocycles. The number of aliphatic hydroxyl groups is 1. The maximum absolute atomic E-state index is 11.2. The Hall–Kier alpha value is -0.610. The van der Waals surface area contributed by atoms with Crippen molar-refractivity contribution in [1.82, 2.24) is 0 Å². The van der Waals surface area contributed by atoms with E-state index in [-0.39, 0.29) is 5.60 Å². The second-order valence-corrected chi connectivity index (χ2v) is 5.32. The standard InChI is InChI=1S/C11H22O4/c1-10(2,3)15-7-11(4,5)8(12)9(13)14-6/h8,12H,7H2,1-6H3. The number of carbonyl (C=O) groups is 1. The molecule has 0 rings (SSSR count). The molecule has 15 heavy (non-hydrogen) atoms. The Bertz CT molecular complexity index is 215. The quantitative estimate of drug-likeness (QED) is 0.724. The molecule has 0 saturated heterocycles. The lowest BCUT2D eigenvalue weighted by atomic mass is 9.87. The topological polar surface area (TPSA) is 55.8 Å². The molecule has 0 saturated carbocycles. The van der Waals surface area contributed by atoms with Crippen LogP contribution in [0.5, 0.6) is 0 Å². The van der Waals surface area contributed by atoms with Crippen molar-refractivity contribution in [3.63, 3.8) is 0 Å². The van der Waals surface area contributed by atoms with Gasteiger partial charge in [0, 0.05) is 5.41 Å². The van der Waals surface area contributed by atoms with Crippen molar-refractivity contribution in [2.45, 2.75) is 46.3 Å². The Morgan fingerprint density at radius 3 is 2.07 bits per heavy atom. The van der Waals surface area contributed by atoms with E-state index < -0.39 is 17.5 Å². The number of methoxy groups -OCH3 is 1. The van der Waals surface area contributed by atoms with Crippen LogP contribution < -0.4 is 0 Å². The fourth-order valence-corrected chi connectivity index (χ4v) is 0.912. The molecule has 0 amide bonds. The van der Waals surface area contributed by atoms with Crippen molar-refractivity contribution in [3.05, 3.63) is 0 Å². The molecule has 0 aromatic rings. The summed E-state index contributed by atoms with van der Waals surface area (Å²) >= 11 is 0. The van der Waals surface area contributed by atoms with E-state index in [2.05, 4.69) is 4.74 Å². The van der Waals surface area contributed by atoms with Crippen molar-refractivity contribution in [1.29, 1.82) is 0 Å². The number of hydrogen-bond donors (Lipinski definition) is 1. The average molecular weight is 218 g/mol. The highest BCUT2D eigenvalue weighted by molar-refractivity contribution is 5.75. The van der Waals surface area contributed by atoms with Gasteiger partial charge in [0.05, 0.1) is 19.3 Å². The van der Waals surface area contributed by atoms with Gasteiger partial charge in [0.1, 0.15) is 0 Å². The largest absolute Gasteiger partial charge is 0.467 e. The van der Waals surface area contributed by atoms with Crippen LogP contribution in [0.1, 0.15) is 34.6 Å². The third-order valence-corrected chi connectivity index (χ3v) is 2.04. The van der Waals surface area contributed by atoms with E-state index in [1.165, 1.54) is 7.11 Å². The van der Waals surface area contributed by atoms with Gasteiger partial charge in [0.2, 0.25) is 0 Å². The van der Waals surface area contributed by atoms with Crippen LogP contribution in [0, 0.1) is 5.41 Å². The Kier molecular flexibility index (Phi) is 4.74. The lowest BCUT2D eigenvalue weighted by molar-refractivity contribution is -0.162. The summed E-state index contributed by atoms with van der Waals surface area (Å²) in [6.07, 6.45) is -1.16. The van der Waals surface area contributed by atoms with E-state index in [1.54, 1.807) is 13.8 Å². The molecule has 1 unspecified atom stereocenters. The molecule has 0 radical (unpaired) electrons. The van der Waals surface area contributed by atoms with Crippen molar-refractivity contribution >= 4 is 5.97 Å². The third-order valence-electron chi connectivity index (χ3n) is 2.04. The van der Waals surface area contributed by atoms with Crippen LogP contribution in [0.15, 0.2) is 0 Å². The van der Waals surface area contributed by atoms with Gasteiger partial charge < -0.3 is 14.6 Å². The van der Waals surface area contributed by atoms with E-state index in [0.29, 0.717) is 6.61 Å². The summed E-state index contributed by atoms with van der Waals surface area (Å²) in [6.45, 7) is 9.60. The van der Waals surface area contributed by atoms with Gasteiger partial charge in [0.15, 0.2) is 6.10 Å².